The Morgan fingerprint density at radius 1 is 1.35 bits per heavy atom. The summed E-state index contributed by atoms with van der Waals surface area (Å²) in [5, 5.41) is 8.96. The quantitative estimate of drug-likeness (QED) is 0.866. The van der Waals surface area contributed by atoms with Crippen LogP contribution in [-0.4, -0.2) is 35.6 Å². The second-order valence-electron chi connectivity index (χ2n) is 4.64. The van der Waals surface area contributed by atoms with E-state index in [1.165, 1.54) is 0 Å². The summed E-state index contributed by atoms with van der Waals surface area (Å²) in [6, 6.07) is 9.42. The van der Waals surface area contributed by atoms with Gasteiger partial charge in [-0.05, 0) is 37.3 Å². The molecular formula is C14H19NO2. The number of nitrogens with zero attached hydrogens (tertiary/aromatic N) is 1. The zero-order chi connectivity index (χ0) is 12.1. The molecule has 1 heterocycles. The summed E-state index contributed by atoms with van der Waals surface area (Å²) in [5.74, 6) is 0.578. The highest BCUT2D eigenvalue weighted by molar-refractivity contribution is 5.94. The van der Waals surface area contributed by atoms with E-state index < -0.39 is 0 Å². The molecule has 1 atom stereocenters. The molecule has 3 nitrogen and oxygen atoms in total. The van der Waals surface area contributed by atoms with Crippen molar-refractivity contribution in [3.63, 3.8) is 0 Å². The second kappa shape index (κ2) is 5.82. The van der Waals surface area contributed by atoms with E-state index >= 15 is 0 Å². The minimum Gasteiger partial charge on any atom is -0.396 e. The number of hydrogen-bond acceptors (Lipinski definition) is 2. The molecular weight excluding hydrogens is 214 g/mol. The van der Waals surface area contributed by atoms with Crippen molar-refractivity contribution in [3.8, 4) is 0 Å². The number of amides is 1. The standard InChI is InChI=1S/C14H19NO2/c16-10-8-12-5-4-9-15(11-12)14(17)13-6-2-1-3-7-13/h1-3,6-7,12,16H,4-5,8-11H2. The molecule has 0 spiro atoms. The number of benzene rings is 1. The van der Waals surface area contributed by atoms with Gasteiger partial charge in [0.25, 0.3) is 5.91 Å². The molecule has 0 aromatic heterocycles. The Balaban J connectivity index is 2.00. The fourth-order valence-electron chi connectivity index (χ4n) is 2.43. The molecule has 0 saturated carbocycles. The molecule has 1 N–H and O–H groups in total. The molecule has 0 bridgehead atoms. The van der Waals surface area contributed by atoms with Crippen molar-refractivity contribution < 1.29 is 9.90 Å². The van der Waals surface area contributed by atoms with Crippen molar-refractivity contribution in [2.24, 2.45) is 5.92 Å². The van der Waals surface area contributed by atoms with Crippen LogP contribution in [0.2, 0.25) is 0 Å². The van der Waals surface area contributed by atoms with Crippen LogP contribution in [0.5, 0.6) is 0 Å². The monoisotopic (exact) mass is 233 g/mol. The van der Waals surface area contributed by atoms with E-state index in [4.69, 9.17) is 5.11 Å². The maximum Gasteiger partial charge on any atom is 0.253 e. The first-order valence-corrected chi connectivity index (χ1v) is 6.26. The summed E-state index contributed by atoms with van der Waals surface area (Å²) in [6.45, 7) is 1.85. The molecule has 2 rings (SSSR count). The first kappa shape index (κ1) is 12.1. The third kappa shape index (κ3) is 3.07. The largest absolute Gasteiger partial charge is 0.396 e. The maximum atomic E-state index is 12.2. The Labute approximate surface area is 102 Å². The third-order valence-corrected chi connectivity index (χ3v) is 3.36. The van der Waals surface area contributed by atoms with Crippen molar-refractivity contribution >= 4 is 5.91 Å². The number of carbonyl (C=O) groups excluding carboxylic acids is 1. The van der Waals surface area contributed by atoms with Crippen LogP contribution >= 0.6 is 0 Å². The van der Waals surface area contributed by atoms with E-state index in [1.54, 1.807) is 0 Å². The van der Waals surface area contributed by atoms with Crippen LogP contribution in [-0.2, 0) is 0 Å². The fourth-order valence-corrected chi connectivity index (χ4v) is 2.43. The summed E-state index contributed by atoms with van der Waals surface area (Å²) in [7, 11) is 0. The topological polar surface area (TPSA) is 40.5 Å². The number of hydrogen-bond donors (Lipinski definition) is 1. The van der Waals surface area contributed by atoms with Crippen LogP contribution in [0.3, 0.4) is 0 Å². The van der Waals surface area contributed by atoms with E-state index in [0.717, 1.165) is 37.9 Å². The Morgan fingerprint density at radius 2 is 2.12 bits per heavy atom. The van der Waals surface area contributed by atoms with Gasteiger partial charge in [0.2, 0.25) is 0 Å². The van der Waals surface area contributed by atoms with E-state index in [0.29, 0.717) is 5.92 Å². The lowest BCUT2D eigenvalue weighted by molar-refractivity contribution is 0.0653. The first-order valence-electron chi connectivity index (χ1n) is 6.26. The van der Waals surface area contributed by atoms with Crippen molar-refractivity contribution in [1.29, 1.82) is 0 Å². The lowest BCUT2D eigenvalue weighted by Crippen LogP contribution is -2.40. The van der Waals surface area contributed by atoms with Crippen molar-refractivity contribution in [2.45, 2.75) is 19.3 Å². The highest BCUT2D eigenvalue weighted by Crippen LogP contribution is 2.20. The molecule has 3 heteroatoms. The molecule has 92 valence electrons. The van der Waals surface area contributed by atoms with Crippen molar-refractivity contribution in [1.82, 2.24) is 4.90 Å². The first-order chi connectivity index (χ1) is 8.31. The summed E-state index contributed by atoms with van der Waals surface area (Å²) in [5.41, 5.74) is 0.761. The number of aliphatic hydroxyl groups excluding tert-OH is 1. The zero-order valence-corrected chi connectivity index (χ0v) is 10.0. The number of carbonyl (C=O) groups is 1. The minimum atomic E-state index is 0.119. The van der Waals surface area contributed by atoms with Crippen LogP contribution in [0.15, 0.2) is 30.3 Å². The second-order valence-corrected chi connectivity index (χ2v) is 4.64. The highest BCUT2D eigenvalue weighted by Gasteiger charge is 2.23. The normalized spacial score (nSPS) is 20.3. The molecule has 1 fully saturated rings. The summed E-state index contributed by atoms with van der Waals surface area (Å²) < 4.78 is 0. The maximum absolute atomic E-state index is 12.2. The van der Waals surface area contributed by atoms with Gasteiger partial charge in [0.1, 0.15) is 0 Å². The van der Waals surface area contributed by atoms with Crippen LogP contribution < -0.4 is 0 Å². The molecule has 0 radical (unpaired) electrons. The van der Waals surface area contributed by atoms with Gasteiger partial charge in [0, 0.05) is 25.3 Å². The summed E-state index contributed by atoms with van der Waals surface area (Å²) in [6.07, 6.45) is 2.97. The van der Waals surface area contributed by atoms with E-state index in [9.17, 15) is 4.79 Å². The molecule has 0 aliphatic carbocycles. The van der Waals surface area contributed by atoms with Gasteiger partial charge in [-0.3, -0.25) is 4.79 Å². The molecule has 1 aliphatic heterocycles. The molecule has 1 saturated heterocycles. The van der Waals surface area contributed by atoms with Gasteiger partial charge in [-0.25, -0.2) is 0 Å². The number of aliphatic hydroxyl groups is 1. The molecule has 1 aromatic rings. The van der Waals surface area contributed by atoms with Crippen molar-refractivity contribution in [3.05, 3.63) is 35.9 Å². The lowest BCUT2D eigenvalue weighted by Gasteiger charge is -2.32. The van der Waals surface area contributed by atoms with E-state index in [-0.39, 0.29) is 12.5 Å². The summed E-state index contributed by atoms with van der Waals surface area (Å²) >= 11 is 0. The van der Waals surface area contributed by atoms with Crippen LogP contribution in [0.25, 0.3) is 0 Å². The summed E-state index contributed by atoms with van der Waals surface area (Å²) in [4.78, 5) is 14.1. The van der Waals surface area contributed by atoms with Gasteiger partial charge in [-0.2, -0.15) is 0 Å². The zero-order valence-electron chi connectivity index (χ0n) is 10.0. The lowest BCUT2D eigenvalue weighted by atomic mass is 9.94. The van der Waals surface area contributed by atoms with E-state index in [2.05, 4.69) is 0 Å². The third-order valence-electron chi connectivity index (χ3n) is 3.36. The van der Waals surface area contributed by atoms with Gasteiger partial charge in [-0.15, -0.1) is 0 Å². The van der Waals surface area contributed by atoms with Gasteiger partial charge in [-0.1, -0.05) is 18.2 Å². The van der Waals surface area contributed by atoms with Gasteiger partial charge >= 0.3 is 0 Å². The Morgan fingerprint density at radius 3 is 2.82 bits per heavy atom. The number of piperidine rings is 1. The number of rotatable bonds is 3. The molecule has 17 heavy (non-hydrogen) atoms. The fraction of sp³-hybridized carbons (Fsp3) is 0.500. The molecule has 1 aliphatic rings. The smallest absolute Gasteiger partial charge is 0.253 e. The van der Waals surface area contributed by atoms with E-state index in [1.807, 2.05) is 35.2 Å². The van der Waals surface area contributed by atoms with Crippen LogP contribution in [0.4, 0.5) is 0 Å². The van der Waals surface area contributed by atoms with Gasteiger partial charge < -0.3 is 10.0 Å². The predicted molar refractivity (Wildman–Crippen MR) is 66.8 cm³/mol. The molecule has 1 amide bonds. The highest BCUT2D eigenvalue weighted by atomic mass is 16.3. The molecule has 1 aromatic carbocycles. The Hall–Kier alpha value is -1.35. The Kier molecular flexibility index (Phi) is 4.15. The average molecular weight is 233 g/mol. The Bertz CT molecular complexity index is 362. The van der Waals surface area contributed by atoms with Crippen LogP contribution in [0, 0.1) is 5.92 Å². The van der Waals surface area contributed by atoms with Gasteiger partial charge in [0.05, 0.1) is 0 Å². The number of likely N-dealkylation sites (tertiary alicyclic amines) is 1. The van der Waals surface area contributed by atoms with Crippen LogP contribution in [0.1, 0.15) is 29.6 Å². The SMILES string of the molecule is O=C(c1ccccc1)N1CCCC(CCO)C1. The molecule has 1 unspecified atom stereocenters. The van der Waals surface area contributed by atoms with Crippen molar-refractivity contribution in [2.75, 3.05) is 19.7 Å². The predicted octanol–water partition coefficient (Wildman–Crippen LogP) is 1.92. The average Bonchev–Trinajstić information content (AvgIpc) is 2.40. The minimum absolute atomic E-state index is 0.119. The van der Waals surface area contributed by atoms with Gasteiger partial charge in [0.15, 0.2) is 0 Å².